The van der Waals surface area contributed by atoms with E-state index in [-0.39, 0.29) is 12.5 Å². The SMILES string of the molecule is Cc1ccc(NC(=O)COC(=O)c2cc3c(s2)CC[C@@H](C)C3)c(C)c1. The predicted molar refractivity (Wildman–Crippen MR) is 100 cm³/mol. The molecule has 0 radical (unpaired) electrons. The van der Waals surface area contributed by atoms with Gasteiger partial charge in [0.05, 0.1) is 0 Å². The third-order valence-corrected chi connectivity index (χ3v) is 5.74. The van der Waals surface area contributed by atoms with Crippen molar-refractivity contribution in [2.45, 2.75) is 40.0 Å². The van der Waals surface area contributed by atoms with E-state index in [1.54, 1.807) is 0 Å². The number of carbonyl (C=O) groups excluding carboxylic acids is 2. The number of thiophene rings is 1. The molecule has 4 nitrogen and oxygen atoms in total. The fourth-order valence-electron chi connectivity index (χ4n) is 3.15. The van der Waals surface area contributed by atoms with E-state index in [1.165, 1.54) is 28.2 Å². The van der Waals surface area contributed by atoms with E-state index < -0.39 is 5.97 Å². The maximum atomic E-state index is 12.2. The van der Waals surface area contributed by atoms with E-state index in [0.717, 1.165) is 29.7 Å². The van der Waals surface area contributed by atoms with Crippen molar-refractivity contribution in [1.29, 1.82) is 0 Å². The predicted octanol–water partition coefficient (Wildman–Crippen LogP) is 4.29. The zero-order chi connectivity index (χ0) is 18.0. The largest absolute Gasteiger partial charge is 0.451 e. The van der Waals surface area contributed by atoms with Gasteiger partial charge in [0.1, 0.15) is 4.88 Å². The third kappa shape index (κ3) is 4.28. The van der Waals surface area contributed by atoms with Crippen molar-refractivity contribution in [3.05, 3.63) is 50.7 Å². The molecule has 0 saturated carbocycles. The van der Waals surface area contributed by atoms with Gasteiger partial charge in [0.25, 0.3) is 5.91 Å². The molecule has 3 rings (SSSR count). The summed E-state index contributed by atoms with van der Waals surface area (Å²) in [7, 11) is 0. The zero-order valence-electron chi connectivity index (χ0n) is 14.8. The van der Waals surface area contributed by atoms with Crippen LogP contribution >= 0.6 is 11.3 Å². The van der Waals surface area contributed by atoms with Crippen LogP contribution in [0, 0.1) is 19.8 Å². The number of hydrogen-bond acceptors (Lipinski definition) is 4. The smallest absolute Gasteiger partial charge is 0.348 e. The molecule has 2 aromatic rings. The van der Waals surface area contributed by atoms with Crippen LogP contribution in [0.4, 0.5) is 5.69 Å². The fourth-order valence-corrected chi connectivity index (χ4v) is 4.25. The van der Waals surface area contributed by atoms with Gasteiger partial charge in [-0.25, -0.2) is 4.79 Å². The summed E-state index contributed by atoms with van der Waals surface area (Å²) in [5, 5.41) is 2.79. The second kappa shape index (κ2) is 7.40. The molecule has 1 aromatic heterocycles. The van der Waals surface area contributed by atoms with Crippen LogP contribution in [0.5, 0.6) is 0 Å². The summed E-state index contributed by atoms with van der Waals surface area (Å²) < 4.78 is 5.19. The molecule has 1 N–H and O–H groups in total. The first-order valence-corrected chi connectivity index (χ1v) is 9.40. The van der Waals surface area contributed by atoms with Gasteiger partial charge in [-0.15, -0.1) is 11.3 Å². The topological polar surface area (TPSA) is 55.4 Å². The summed E-state index contributed by atoms with van der Waals surface area (Å²) >= 11 is 1.50. The number of ether oxygens (including phenoxy) is 1. The van der Waals surface area contributed by atoms with E-state index in [1.807, 2.05) is 38.1 Å². The molecular weight excluding hydrogens is 334 g/mol. The molecule has 1 heterocycles. The van der Waals surface area contributed by atoms with E-state index in [9.17, 15) is 9.59 Å². The Bertz CT molecular complexity index is 809. The van der Waals surface area contributed by atoms with Gasteiger partial charge in [0.15, 0.2) is 6.61 Å². The molecule has 132 valence electrons. The van der Waals surface area contributed by atoms with E-state index in [0.29, 0.717) is 10.8 Å². The number of anilines is 1. The fraction of sp³-hybridized carbons (Fsp3) is 0.400. The van der Waals surface area contributed by atoms with E-state index in [2.05, 4.69) is 12.2 Å². The van der Waals surface area contributed by atoms with Crippen molar-refractivity contribution in [2.24, 2.45) is 5.92 Å². The van der Waals surface area contributed by atoms with Gasteiger partial charge in [-0.1, -0.05) is 24.6 Å². The third-order valence-electron chi connectivity index (χ3n) is 4.52. The molecule has 0 saturated heterocycles. The van der Waals surface area contributed by atoms with Crippen LogP contribution in [-0.2, 0) is 22.4 Å². The molecule has 25 heavy (non-hydrogen) atoms. The second-order valence-corrected chi connectivity index (χ2v) is 7.99. The summed E-state index contributed by atoms with van der Waals surface area (Å²) in [4.78, 5) is 26.1. The van der Waals surface area contributed by atoms with Gasteiger partial charge < -0.3 is 10.1 Å². The molecule has 0 aliphatic heterocycles. The first kappa shape index (κ1) is 17.7. The Morgan fingerprint density at radius 2 is 2.08 bits per heavy atom. The summed E-state index contributed by atoms with van der Waals surface area (Å²) in [6.07, 6.45) is 3.22. The highest BCUT2D eigenvalue weighted by molar-refractivity contribution is 7.14. The number of hydrogen-bond donors (Lipinski definition) is 1. The van der Waals surface area contributed by atoms with Gasteiger partial charge >= 0.3 is 5.97 Å². The highest BCUT2D eigenvalue weighted by Crippen LogP contribution is 2.32. The Balaban J connectivity index is 1.56. The summed E-state index contributed by atoms with van der Waals surface area (Å²) in [5.74, 6) is -0.0763. The average molecular weight is 357 g/mol. The monoisotopic (exact) mass is 357 g/mol. The van der Waals surface area contributed by atoms with Crippen LogP contribution in [-0.4, -0.2) is 18.5 Å². The standard InChI is InChI=1S/C20H23NO3S/c1-12-4-6-16(14(3)8-12)21-19(22)11-24-20(23)18-10-15-9-13(2)5-7-17(15)25-18/h4,6,8,10,13H,5,7,9,11H2,1-3H3,(H,21,22)/t13-/m1/s1. The Morgan fingerprint density at radius 3 is 2.84 bits per heavy atom. The van der Waals surface area contributed by atoms with Crippen molar-refractivity contribution in [3.63, 3.8) is 0 Å². The maximum Gasteiger partial charge on any atom is 0.348 e. The van der Waals surface area contributed by atoms with Crippen LogP contribution in [0.1, 0.15) is 44.6 Å². The van der Waals surface area contributed by atoms with E-state index in [4.69, 9.17) is 4.74 Å². The number of aryl methyl sites for hydroxylation is 3. The summed E-state index contributed by atoms with van der Waals surface area (Å²) in [6.45, 7) is 5.90. The van der Waals surface area contributed by atoms with E-state index >= 15 is 0 Å². The highest BCUT2D eigenvalue weighted by atomic mass is 32.1. The number of fused-ring (bicyclic) bond motifs is 1. The van der Waals surface area contributed by atoms with Gasteiger partial charge in [0.2, 0.25) is 0 Å². The number of benzene rings is 1. The van der Waals surface area contributed by atoms with Crippen molar-refractivity contribution >= 4 is 28.9 Å². The molecule has 1 amide bonds. The first-order chi connectivity index (χ1) is 11.9. The van der Waals surface area contributed by atoms with Crippen molar-refractivity contribution in [2.75, 3.05) is 11.9 Å². The van der Waals surface area contributed by atoms with Crippen molar-refractivity contribution in [1.82, 2.24) is 0 Å². The molecule has 1 atom stereocenters. The molecule has 1 aliphatic rings. The van der Waals surface area contributed by atoms with Crippen LogP contribution in [0.2, 0.25) is 0 Å². The number of carbonyl (C=O) groups is 2. The zero-order valence-corrected chi connectivity index (χ0v) is 15.7. The van der Waals surface area contributed by atoms with Crippen LogP contribution < -0.4 is 5.32 Å². The first-order valence-electron chi connectivity index (χ1n) is 8.58. The maximum absolute atomic E-state index is 12.2. The number of rotatable bonds is 4. The van der Waals surface area contributed by atoms with Crippen LogP contribution in [0.3, 0.4) is 0 Å². The lowest BCUT2D eigenvalue weighted by molar-refractivity contribution is -0.119. The van der Waals surface area contributed by atoms with Crippen LogP contribution in [0.25, 0.3) is 0 Å². The summed E-state index contributed by atoms with van der Waals surface area (Å²) in [6, 6.07) is 7.73. The molecule has 5 heteroatoms. The average Bonchev–Trinajstić information content (AvgIpc) is 2.98. The minimum absolute atomic E-state index is 0.273. The van der Waals surface area contributed by atoms with Crippen molar-refractivity contribution < 1.29 is 14.3 Å². The van der Waals surface area contributed by atoms with Gasteiger partial charge in [-0.3, -0.25) is 4.79 Å². The number of amides is 1. The minimum Gasteiger partial charge on any atom is -0.451 e. The van der Waals surface area contributed by atoms with Crippen LogP contribution in [0.15, 0.2) is 24.3 Å². The molecule has 0 bridgehead atoms. The molecule has 0 unspecified atom stereocenters. The lowest BCUT2D eigenvalue weighted by Gasteiger charge is -2.16. The Morgan fingerprint density at radius 1 is 1.28 bits per heavy atom. The number of esters is 1. The molecule has 1 aromatic carbocycles. The molecular formula is C20H23NO3S. The Labute approximate surface area is 152 Å². The van der Waals surface area contributed by atoms with Crippen molar-refractivity contribution in [3.8, 4) is 0 Å². The quantitative estimate of drug-likeness (QED) is 0.831. The summed E-state index contributed by atoms with van der Waals surface area (Å²) in [5.41, 5.74) is 4.13. The molecule has 0 fully saturated rings. The van der Waals surface area contributed by atoms with Gasteiger partial charge in [-0.05, 0) is 62.3 Å². The van der Waals surface area contributed by atoms with Gasteiger partial charge in [0, 0.05) is 10.6 Å². The Hall–Kier alpha value is -2.14. The second-order valence-electron chi connectivity index (χ2n) is 6.85. The normalized spacial score (nSPS) is 16.2. The lowest BCUT2D eigenvalue weighted by Crippen LogP contribution is -2.21. The molecule has 0 spiro atoms. The minimum atomic E-state index is -0.414. The number of nitrogens with one attached hydrogen (secondary N) is 1. The highest BCUT2D eigenvalue weighted by Gasteiger charge is 2.21. The van der Waals surface area contributed by atoms with Gasteiger partial charge in [-0.2, -0.15) is 0 Å². The lowest BCUT2D eigenvalue weighted by atomic mass is 9.90. The Kier molecular flexibility index (Phi) is 5.23. The molecule has 1 aliphatic carbocycles.